The predicted octanol–water partition coefficient (Wildman–Crippen LogP) is 2.56. The SMILES string of the molecule is CC(C)c1n[nH]c(CS(=O)(=O)C/C=C/c2ccccc2)n1. The maximum Gasteiger partial charge on any atom is 0.161 e. The number of hydrogen-bond acceptors (Lipinski definition) is 4. The van der Waals surface area contributed by atoms with Crippen molar-refractivity contribution in [2.24, 2.45) is 0 Å². The van der Waals surface area contributed by atoms with Crippen molar-refractivity contribution in [3.05, 3.63) is 53.6 Å². The molecule has 0 atom stereocenters. The smallest absolute Gasteiger partial charge is 0.161 e. The van der Waals surface area contributed by atoms with Gasteiger partial charge in [0.25, 0.3) is 0 Å². The molecule has 1 aromatic carbocycles. The van der Waals surface area contributed by atoms with E-state index < -0.39 is 9.84 Å². The minimum atomic E-state index is -3.24. The van der Waals surface area contributed by atoms with E-state index in [0.717, 1.165) is 5.56 Å². The minimum absolute atomic E-state index is 0.0143. The maximum absolute atomic E-state index is 12.0. The Morgan fingerprint density at radius 3 is 2.57 bits per heavy atom. The average Bonchev–Trinajstić information content (AvgIpc) is 2.87. The Labute approximate surface area is 125 Å². The first-order valence-electron chi connectivity index (χ1n) is 6.79. The molecule has 0 radical (unpaired) electrons. The summed E-state index contributed by atoms with van der Waals surface area (Å²) < 4.78 is 24.1. The van der Waals surface area contributed by atoms with Gasteiger partial charge in [-0.15, -0.1) is 0 Å². The number of H-pyrrole nitrogens is 1. The van der Waals surface area contributed by atoms with Crippen molar-refractivity contribution in [3.8, 4) is 0 Å². The molecule has 6 heteroatoms. The number of nitrogens with zero attached hydrogens (tertiary/aromatic N) is 2. The molecule has 1 heterocycles. The lowest BCUT2D eigenvalue weighted by molar-refractivity contribution is 0.597. The van der Waals surface area contributed by atoms with E-state index in [0.29, 0.717) is 11.6 Å². The van der Waals surface area contributed by atoms with Gasteiger partial charge in [0.1, 0.15) is 11.6 Å². The lowest BCUT2D eigenvalue weighted by Crippen LogP contribution is -2.08. The fraction of sp³-hybridized carbons (Fsp3) is 0.333. The van der Waals surface area contributed by atoms with Crippen LogP contribution in [0.1, 0.15) is 37.0 Å². The Morgan fingerprint density at radius 1 is 1.24 bits per heavy atom. The third-order valence-corrected chi connectivity index (χ3v) is 4.30. The van der Waals surface area contributed by atoms with Crippen LogP contribution in [0.15, 0.2) is 36.4 Å². The number of hydrogen-bond donors (Lipinski definition) is 1. The predicted molar refractivity (Wildman–Crippen MR) is 83.4 cm³/mol. The van der Waals surface area contributed by atoms with Gasteiger partial charge in [-0.05, 0) is 5.56 Å². The van der Waals surface area contributed by atoms with E-state index in [1.165, 1.54) is 0 Å². The topological polar surface area (TPSA) is 75.7 Å². The Kier molecular flexibility index (Phi) is 4.90. The van der Waals surface area contributed by atoms with Gasteiger partial charge in [-0.1, -0.05) is 56.3 Å². The molecule has 0 aliphatic carbocycles. The van der Waals surface area contributed by atoms with E-state index in [-0.39, 0.29) is 17.4 Å². The highest BCUT2D eigenvalue weighted by molar-refractivity contribution is 7.90. The number of rotatable bonds is 6. The number of aromatic amines is 1. The van der Waals surface area contributed by atoms with E-state index in [1.54, 1.807) is 12.2 Å². The van der Waals surface area contributed by atoms with Gasteiger partial charge in [0.05, 0.1) is 5.75 Å². The summed E-state index contributed by atoms with van der Waals surface area (Å²) in [4.78, 5) is 4.19. The van der Waals surface area contributed by atoms with Gasteiger partial charge in [0, 0.05) is 5.92 Å². The first-order valence-corrected chi connectivity index (χ1v) is 8.61. The van der Waals surface area contributed by atoms with Gasteiger partial charge in [0.2, 0.25) is 0 Å². The van der Waals surface area contributed by atoms with Gasteiger partial charge in [0.15, 0.2) is 15.7 Å². The van der Waals surface area contributed by atoms with Crippen molar-refractivity contribution in [3.63, 3.8) is 0 Å². The van der Waals surface area contributed by atoms with Crippen LogP contribution >= 0.6 is 0 Å². The molecular formula is C15H19N3O2S. The molecule has 0 bridgehead atoms. The zero-order valence-corrected chi connectivity index (χ0v) is 13.0. The monoisotopic (exact) mass is 305 g/mol. The quantitative estimate of drug-likeness (QED) is 0.890. The van der Waals surface area contributed by atoms with E-state index in [2.05, 4.69) is 15.2 Å². The van der Waals surface area contributed by atoms with Crippen LogP contribution in [-0.2, 0) is 15.6 Å². The molecule has 0 aliphatic rings. The summed E-state index contributed by atoms with van der Waals surface area (Å²) in [6, 6.07) is 9.60. The van der Waals surface area contributed by atoms with Crippen molar-refractivity contribution in [1.29, 1.82) is 0 Å². The van der Waals surface area contributed by atoms with Crippen LogP contribution in [0.3, 0.4) is 0 Å². The molecule has 1 N–H and O–H groups in total. The van der Waals surface area contributed by atoms with Gasteiger partial charge >= 0.3 is 0 Å². The lowest BCUT2D eigenvalue weighted by atomic mass is 10.2. The molecule has 21 heavy (non-hydrogen) atoms. The molecule has 112 valence electrons. The highest BCUT2D eigenvalue weighted by atomic mass is 32.2. The van der Waals surface area contributed by atoms with Gasteiger partial charge in [-0.2, -0.15) is 5.10 Å². The third kappa shape index (κ3) is 4.82. The van der Waals surface area contributed by atoms with Crippen LogP contribution in [0.4, 0.5) is 0 Å². The molecule has 5 nitrogen and oxygen atoms in total. The van der Waals surface area contributed by atoms with Gasteiger partial charge in [-0.25, -0.2) is 13.4 Å². The number of sulfone groups is 1. The second-order valence-electron chi connectivity index (χ2n) is 5.16. The minimum Gasteiger partial charge on any atom is -0.262 e. The van der Waals surface area contributed by atoms with Crippen LogP contribution in [0, 0.1) is 0 Å². The molecule has 2 aromatic rings. The zero-order valence-electron chi connectivity index (χ0n) is 12.2. The molecule has 0 unspecified atom stereocenters. The fourth-order valence-electron chi connectivity index (χ4n) is 1.80. The van der Waals surface area contributed by atoms with Crippen LogP contribution < -0.4 is 0 Å². The van der Waals surface area contributed by atoms with Crippen LogP contribution in [0.2, 0.25) is 0 Å². The van der Waals surface area contributed by atoms with Crippen molar-refractivity contribution < 1.29 is 8.42 Å². The maximum atomic E-state index is 12.0. The Balaban J connectivity index is 1.97. The van der Waals surface area contributed by atoms with Crippen molar-refractivity contribution in [2.75, 3.05) is 5.75 Å². The largest absolute Gasteiger partial charge is 0.262 e. The average molecular weight is 305 g/mol. The first kappa shape index (κ1) is 15.4. The number of aromatic nitrogens is 3. The van der Waals surface area contributed by atoms with Crippen LogP contribution in [0.25, 0.3) is 6.08 Å². The highest BCUT2D eigenvalue weighted by Crippen LogP contribution is 2.10. The molecule has 2 rings (SSSR count). The molecule has 0 fully saturated rings. The first-order chi connectivity index (χ1) is 9.96. The molecule has 0 spiro atoms. The molecule has 0 aliphatic heterocycles. The molecule has 1 aromatic heterocycles. The van der Waals surface area contributed by atoms with E-state index in [4.69, 9.17) is 0 Å². The fourth-order valence-corrected chi connectivity index (χ4v) is 2.85. The molecule has 0 saturated heterocycles. The molecular weight excluding hydrogens is 286 g/mol. The van der Waals surface area contributed by atoms with Crippen molar-refractivity contribution >= 4 is 15.9 Å². The van der Waals surface area contributed by atoms with E-state index >= 15 is 0 Å². The van der Waals surface area contributed by atoms with Crippen LogP contribution in [-0.4, -0.2) is 29.4 Å². The zero-order chi connectivity index (χ0) is 15.3. The summed E-state index contributed by atoms with van der Waals surface area (Å²) >= 11 is 0. The van der Waals surface area contributed by atoms with Gasteiger partial charge < -0.3 is 0 Å². The summed E-state index contributed by atoms with van der Waals surface area (Å²) in [7, 11) is -3.24. The number of nitrogens with one attached hydrogen (secondary N) is 1. The summed E-state index contributed by atoms with van der Waals surface area (Å²) in [5, 5.41) is 6.70. The van der Waals surface area contributed by atoms with E-state index in [9.17, 15) is 8.42 Å². The third-order valence-electron chi connectivity index (χ3n) is 2.88. The summed E-state index contributed by atoms with van der Waals surface area (Å²) in [6.07, 6.45) is 3.46. The molecule has 0 saturated carbocycles. The highest BCUT2D eigenvalue weighted by Gasteiger charge is 2.14. The summed E-state index contributed by atoms with van der Waals surface area (Å²) in [5.41, 5.74) is 0.981. The normalized spacial score (nSPS) is 12.3. The standard InChI is InChI=1S/C15H19N3O2S/c1-12(2)15-16-14(17-18-15)11-21(19,20)10-6-9-13-7-4-3-5-8-13/h3-9,12H,10-11H2,1-2H3,(H,16,17,18)/b9-6+. The Morgan fingerprint density at radius 2 is 1.95 bits per heavy atom. The van der Waals surface area contributed by atoms with Gasteiger partial charge in [-0.3, -0.25) is 5.10 Å². The number of benzene rings is 1. The van der Waals surface area contributed by atoms with E-state index in [1.807, 2.05) is 44.2 Å². The summed E-state index contributed by atoms with van der Waals surface area (Å²) in [6.45, 7) is 3.92. The Bertz CT molecular complexity index is 704. The second-order valence-corrected chi connectivity index (χ2v) is 7.27. The lowest BCUT2D eigenvalue weighted by Gasteiger charge is -1.98. The Hall–Kier alpha value is -1.95. The molecule has 0 amide bonds. The van der Waals surface area contributed by atoms with Crippen molar-refractivity contribution in [2.45, 2.75) is 25.5 Å². The van der Waals surface area contributed by atoms with Crippen LogP contribution in [0.5, 0.6) is 0 Å². The summed E-state index contributed by atoms with van der Waals surface area (Å²) in [5.74, 6) is 1.08. The second kappa shape index (κ2) is 6.67. The van der Waals surface area contributed by atoms with Crippen molar-refractivity contribution in [1.82, 2.24) is 15.2 Å².